The third-order valence-corrected chi connectivity index (χ3v) is 2.77. The topological polar surface area (TPSA) is 68.0 Å². The molecule has 1 unspecified atom stereocenters. The summed E-state index contributed by atoms with van der Waals surface area (Å²) in [5.41, 5.74) is 6.24. The van der Waals surface area contributed by atoms with Gasteiger partial charge in [0.25, 0.3) is 0 Å². The minimum atomic E-state index is 0.0604. The highest BCUT2D eigenvalue weighted by Gasteiger charge is 2.23. The van der Waals surface area contributed by atoms with Crippen LogP contribution in [0.25, 0.3) is 0 Å². The Morgan fingerprint density at radius 1 is 1.60 bits per heavy atom. The van der Waals surface area contributed by atoms with Crippen molar-refractivity contribution in [1.82, 2.24) is 10.3 Å². The van der Waals surface area contributed by atoms with Gasteiger partial charge < -0.3 is 11.1 Å². The van der Waals surface area contributed by atoms with E-state index < -0.39 is 0 Å². The van der Waals surface area contributed by atoms with Crippen LogP contribution in [0.15, 0.2) is 18.3 Å². The fourth-order valence-corrected chi connectivity index (χ4v) is 1.92. The molecule has 4 nitrogen and oxygen atoms in total. The van der Waals surface area contributed by atoms with Crippen LogP contribution in [0.5, 0.6) is 0 Å². The van der Waals surface area contributed by atoms with E-state index in [4.69, 9.17) is 5.73 Å². The number of rotatable bonds is 2. The number of piperidine rings is 1. The van der Waals surface area contributed by atoms with Gasteiger partial charge in [0.2, 0.25) is 0 Å². The first-order valence-electron chi connectivity index (χ1n) is 5.24. The van der Waals surface area contributed by atoms with Crippen molar-refractivity contribution in [2.45, 2.75) is 12.8 Å². The van der Waals surface area contributed by atoms with E-state index in [0.29, 0.717) is 11.4 Å². The van der Waals surface area contributed by atoms with Gasteiger partial charge in [0.05, 0.1) is 5.56 Å². The van der Waals surface area contributed by atoms with Gasteiger partial charge in [-0.3, -0.25) is 4.79 Å². The van der Waals surface area contributed by atoms with Crippen LogP contribution >= 0.6 is 0 Å². The Hall–Kier alpha value is -1.42. The largest absolute Gasteiger partial charge is 0.383 e. The molecule has 1 fully saturated rings. The van der Waals surface area contributed by atoms with E-state index in [-0.39, 0.29) is 11.7 Å². The molecule has 15 heavy (non-hydrogen) atoms. The Morgan fingerprint density at radius 2 is 2.47 bits per heavy atom. The molecule has 80 valence electrons. The minimum Gasteiger partial charge on any atom is -0.383 e. The Morgan fingerprint density at radius 3 is 3.13 bits per heavy atom. The molecule has 0 amide bonds. The highest BCUT2D eigenvalue weighted by molar-refractivity contribution is 6.01. The minimum absolute atomic E-state index is 0.0604. The normalized spacial score (nSPS) is 21.2. The zero-order valence-electron chi connectivity index (χ0n) is 8.57. The number of hydrogen-bond acceptors (Lipinski definition) is 4. The fraction of sp³-hybridized carbons (Fsp3) is 0.455. The number of pyridine rings is 1. The van der Waals surface area contributed by atoms with E-state index in [2.05, 4.69) is 10.3 Å². The van der Waals surface area contributed by atoms with Crippen LogP contribution < -0.4 is 11.1 Å². The lowest BCUT2D eigenvalue weighted by Gasteiger charge is -2.21. The second-order valence-electron chi connectivity index (χ2n) is 3.84. The number of anilines is 1. The lowest BCUT2D eigenvalue weighted by atomic mass is 9.91. The van der Waals surface area contributed by atoms with Crippen LogP contribution in [-0.2, 0) is 0 Å². The van der Waals surface area contributed by atoms with Crippen LogP contribution in [0.2, 0.25) is 0 Å². The number of Topliss-reactive ketones (excluding diaryl/α,β-unsaturated/α-hetero) is 1. The highest BCUT2D eigenvalue weighted by Crippen LogP contribution is 2.18. The Bertz CT molecular complexity index is 359. The molecule has 0 saturated carbocycles. The quantitative estimate of drug-likeness (QED) is 0.702. The third kappa shape index (κ3) is 2.15. The summed E-state index contributed by atoms with van der Waals surface area (Å²) in [5.74, 6) is 0.520. The van der Waals surface area contributed by atoms with Gasteiger partial charge in [0, 0.05) is 18.7 Å². The van der Waals surface area contributed by atoms with E-state index in [1.807, 2.05) is 0 Å². The molecular weight excluding hydrogens is 190 g/mol. The second kappa shape index (κ2) is 4.40. The predicted octanol–water partition coefficient (Wildman–Crippen LogP) is 0.846. The number of carbonyl (C=O) groups excluding carboxylic acids is 1. The zero-order valence-corrected chi connectivity index (χ0v) is 8.57. The van der Waals surface area contributed by atoms with Crippen molar-refractivity contribution in [2.24, 2.45) is 5.92 Å². The highest BCUT2D eigenvalue weighted by atomic mass is 16.1. The van der Waals surface area contributed by atoms with Crippen LogP contribution in [0.4, 0.5) is 5.82 Å². The van der Waals surface area contributed by atoms with Crippen LogP contribution in [0.1, 0.15) is 23.2 Å². The standard InChI is InChI=1S/C11H15N3O/c12-11-9(4-2-6-14-11)10(15)8-3-1-5-13-7-8/h2,4,6,8,13H,1,3,5,7H2,(H2,12,14). The molecule has 0 aliphatic carbocycles. The molecule has 2 heterocycles. The number of nitrogen functional groups attached to an aromatic ring is 1. The van der Waals surface area contributed by atoms with Gasteiger partial charge >= 0.3 is 0 Å². The first kappa shape index (κ1) is 10.1. The molecule has 1 aromatic heterocycles. The van der Waals surface area contributed by atoms with E-state index in [1.54, 1.807) is 18.3 Å². The number of nitrogens with two attached hydrogens (primary N) is 1. The average molecular weight is 205 g/mol. The van der Waals surface area contributed by atoms with Crippen molar-refractivity contribution in [3.8, 4) is 0 Å². The smallest absolute Gasteiger partial charge is 0.170 e. The summed E-state index contributed by atoms with van der Waals surface area (Å²) in [6.45, 7) is 1.76. The third-order valence-electron chi connectivity index (χ3n) is 2.77. The van der Waals surface area contributed by atoms with Crippen molar-refractivity contribution in [2.75, 3.05) is 18.8 Å². The van der Waals surface area contributed by atoms with Crippen LogP contribution in [-0.4, -0.2) is 23.9 Å². The summed E-state index contributed by atoms with van der Waals surface area (Å²) in [5, 5.41) is 3.22. The van der Waals surface area contributed by atoms with Crippen molar-refractivity contribution in [3.05, 3.63) is 23.9 Å². The van der Waals surface area contributed by atoms with Gasteiger partial charge in [-0.25, -0.2) is 4.98 Å². The van der Waals surface area contributed by atoms with E-state index in [9.17, 15) is 4.79 Å². The number of hydrogen-bond donors (Lipinski definition) is 2. The molecule has 0 radical (unpaired) electrons. The second-order valence-corrected chi connectivity index (χ2v) is 3.84. The monoisotopic (exact) mass is 205 g/mol. The summed E-state index contributed by atoms with van der Waals surface area (Å²) in [7, 11) is 0. The molecule has 0 aromatic carbocycles. The molecule has 1 aliphatic rings. The average Bonchev–Trinajstić information content (AvgIpc) is 2.30. The molecule has 1 aromatic rings. The van der Waals surface area contributed by atoms with Crippen molar-refractivity contribution >= 4 is 11.6 Å². The molecule has 2 rings (SSSR count). The molecule has 1 atom stereocenters. The van der Waals surface area contributed by atoms with Crippen molar-refractivity contribution < 1.29 is 4.79 Å². The van der Waals surface area contributed by atoms with Crippen molar-refractivity contribution in [1.29, 1.82) is 0 Å². The maximum absolute atomic E-state index is 12.1. The number of nitrogens with one attached hydrogen (secondary N) is 1. The summed E-state index contributed by atoms with van der Waals surface area (Å²) >= 11 is 0. The molecular formula is C11H15N3O. The summed E-state index contributed by atoms with van der Waals surface area (Å²) in [4.78, 5) is 16.0. The predicted molar refractivity (Wildman–Crippen MR) is 58.6 cm³/mol. The molecule has 1 saturated heterocycles. The number of ketones is 1. The Balaban J connectivity index is 2.16. The summed E-state index contributed by atoms with van der Waals surface area (Å²) < 4.78 is 0. The lowest BCUT2D eigenvalue weighted by Crippen LogP contribution is -2.34. The van der Waals surface area contributed by atoms with E-state index in [0.717, 1.165) is 25.9 Å². The zero-order chi connectivity index (χ0) is 10.7. The maximum atomic E-state index is 12.1. The lowest BCUT2D eigenvalue weighted by molar-refractivity contribution is 0.0900. The van der Waals surface area contributed by atoms with Gasteiger partial charge in [-0.05, 0) is 31.5 Å². The fourth-order valence-electron chi connectivity index (χ4n) is 1.92. The molecule has 1 aliphatic heterocycles. The summed E-state index contributed by atoms with van der Waals surface area (Å²) in [6.07, 6.45) is 3.60. The maximum Gasteiger partial charge on any atom is 0.170 e. The van der Waals surface area contributed by atoms with E-state index >= 15 is 0 Å². The van der Waals surface area contributed by atoms with E-state index in [1.165, 1.54) is 0 Å². The molecule has 0 spiro atoms. The number of nitrogens with zero attached hydrogens (tertiary/aromatic N) is 1. The van der Waals surface area contributed by atoms with Gasteiger partial charge in [-0.1, -0.05) is 0 Å². The van der Waals surface area contributed by atoms with Crippen LogP contribution in [0, 0.1) is 5.92 Å². The Kier molecular flexibility index (Phi) is 2.97. The van der Waals surface area contributed by atoms with Gasteiger partial charge in [-0.15, -0.1) is 0 Å². The van der Waals surface area contributed by atoms with Gasteiger partial charge in [0.1, 0.15) is 5.82 Å². The number of carbonyl (C=O) groups is 1. The van der Waals surface area contributed by atoms with Crippen molar-refractivity contribution in [3.63, 3.8) is 0 Å². The van der Waals surface area contributed by atoms with Gasteiger partial charge in [0.15, 0.2) is 5.78 Å². The SMILES string of the molecule is Nc1ncccc1C(=O)C1CCCNC1. The Labute approximate surface area is 88.9 Å². The first-order valence-corrected chi connectivity index (χ1v) is 5.24. The summed E-state index contributed by atoms with van der Waals surface area (Å²) in [6, 6.07) is 3.50. The number of aromatic nitrogens is 1. The van der Waals surface area contributed by atoms with Gasteiger partial charge in [-0.2, -0.15) is 0 Å². The van der Waals surface area contributed by atoms with Crippen LogP contribution in [0.3, 0.4) is 0 Å². The molecule has 0 bridgehead atoms. The first-order chi connectivity index (χ1) is 7.29. The molecule has 3 N–H and O–H groups in total. The molecule has 4 heteroatoms.